The Kier molecular flexibility index (Phi) is 9.59. The number of benzene rings is 10. The minimum absolute atomic E-state index is 0. The molecule has 0 unspecified atom stereocenters. The number of rotatable bonds is 10. The van der Waals surface area contributed by atoms with E-state index in [1.807, 2.05) is 83.4 Å². The molecule has 0 spiro atoms. The Morgan fingerprint density at radius 1 is 0.506 bits per heavy atom. The monoisotopic (exact) mass is 1270 g/mol. The van der Waals surface area contributed by atoms with Crippen LogP contribution >= 0.6 is 0 Å². The molecule has 0 aliphatic heterocycles. The Balaban J connectivity index is 0.00000982. The fourth-order valence-corrected chi connectivity index (χ4v) is 10.7. The van der Waals surface area contributed by atoms with E-state index in [9.17, 15) is 2.74 Å². The molecule has 0 atom stereocenters. The van der Waals surface area contributed by atoms with Crippen molar-refractivity contribution in [3.8, 4) is 84.3 Å². The molecular formula is C77H64N4OPt-2. The second-order valence-electron chi connectivity index (χ2n) is 22.3. The smallest absolute Gasteiger partial charge is 0.268 e. The van der Waals surface area contributed by atoms with Gasteiger partial charge in [0.25, 0.3) is 6.33 Å². The van der Waals surface area contributed by atoms with Gasteiger partial charge in [0, 0.05) is 62.2 Å². The normalized spacial score (nSPS) is 15.6. The summed E-state index contributed by atoms with van der Waals surface area (Å²) in [6.07, 6.45) is 4.87. The molecule has 0 bridgehead atoms. The van der Waals surface area contributed by atoms with Gasteiger partial charge in [0.15, 0.2) is 0 Å². The second kappa shape index (κ2) is 21.8. The van der Waals surface area contributed by atoms with Crippen LogP contribution in [0.1, 0.15) is 95.4 Å². The maximum absolute atomic E-state index is 9.33. The van der Waals surface area contributed by atoms with Gasteiger partial charge in [-0.3, -0.25) is 4.57 Å². The Morgan fingerprint density at radius 3 is 1.80 bits per heavy atom. The Morgan fingerprint density at radius 2 is 1.13 bits per heavy atom. The fraction of sp³-hybridized carbons (Fsp3) is 0.143. The van der Waals surface area contributed by atoms with E-state index < -0.39 is 81.0 Å². The van der Waals surface area contributed by atoms with E-state index in [1.54, 1.807) is 51.6 Å². The largest absolute Gasteiger partial charge is 0.510 e. The van der Waals surface area contributed by atoms with Crippen LogP contribution in [0.25, 0.3) is 106 Å². The summed E-state index contributed by atoms with van der Waals surface area (Å²) in [7, 11) is 0. The molecule has 0 fully saturated rings. The van der Waals surface area contributed by atoms with Gasteiger partial charge in [0.1, 0.15) is 5.82 Å². The molecule has 410 valence electrons. The van der Waals surface area contributed by atoms with Crippen LogP contribution in [0.3, 0.4) is 0 Å². The summed E-state index contributed by atoms with van der Waals surface area (Å²) >= 11 is 0. The minimum Gasteiger partial charge on any atom is -0.510 e. The molecule has 6 heteroatoms. The predicted octanol–water partition coefficient (Wildman–Crippen LogP) is 19.4. The van der Waals surface area contributed by atoms with Crippen LogP contribution in [0.2, 0.25) is 0 Å². The maximum atomic E-state index is 9.33. The number of aryl methyl sites for hydroxylation is 3. The number of fused-ring (bicyclic) bond motifs is 4. The molecule has 13 aromatic rings. The number of nitrogens with zero attached hydrogens (tertiary/aromatic N) is 4. The van der Waals surface area contributed by atoms with E-state index in [1.165, 1.54) is 30.5 Å². The third kappa shape index (κ3) is 10.3. The van der Waals surface area contributed by atoms with E-state index in [0.717, 1.165) is 16.5 Å². The van der Waals surface area contributed by atoms with E-state index in [0.29, 0.717) is 66.6 Å². The number of hydrogen-bond donors (Lipinski definition) is 0. The zero-order valence-electron chi connectivity index (χ0n) is 65.1. The number of aromatic nitrogens is 4. The number of para-hydroxylation sites is 1. The minimum atomic E-state index is -2.86. The first-order chi connectivity index (χ1) is 47.4. The third-order valence-electron chi connectivity index (χ3n) is 14.9. The molecule has 0 N–H and O–H groups in total. The summed E-state index contributed by atoms with van der Waals surface area (Å²) in [5.41, 5.74) is 5.95. The van der Waals surface area contributed by atoms with Crippen molar-refractivity contribution in [3.63, 3.8) is 0 Å². The first kappa shape index (κ1) is 36.5. The molecular weight excluding hydrogens is 1190 g/mol. The molecule has 0 amide bonds. The summed E-state index contributed by atoms with van der Waals surface area (Å²) in [6, 6.07) is 47.9. The zero-order valence-corrected chi connectivity index (χ0v) is 48.4. The molecule has 3 heterocycles. The van der Waals surface area contributed by atoms with Gasteiger partial charge in [-0.2, -0.15) is 18.2 Å². The SMILES string of the molecule is [2H]c1c([2H])c([2H])c(-c2cc(-c3cccc(C(C)(C)C)c3)c(-[n+]3[c-]n(-c4[c-]c(Oc5[c-]c6c(cc5)c5ccccc5n6-c5cc(C([2H])([2H])[2H])c(-c6c([2H])c([2H])c([2H])c([2H])c6[2H])cn5)ccc4)c4cc(-c5c(C([2H])([2H])[2H])cccc5C([2H])([2H])[2H])ccc43)c(-c3cccc(C(C)(C)C)c3)c2)c([2H])c1[2H].[Pt]. The molecule has 0 aliphatic carbocycles. The number of imidazole rings is 1. The number of ether oxygens (including phenoxy) is 1. The van der Waals surface area contributed by atoms with Crippen molar-refractivity contribution in [3.05, 3.63) is 271 Å². The predicted molar refractivity (Wildman–Crippen MR) is 339 cm³/mol. The summed E-state index contributed by atoms with van der Waals surface area (Å²) in [5.74, 6) is 0.473. The first-order valence-electron chi connectivity index (χ1n) is 36.3. The van der Waals surface area contributed by atoms with Gasteiger partial charge in [-0.25, -0.2) is 4.98 Å². The van der Waals surface area contributed by atoms with Gasteiger partial charge < -0.3 is 13.9 Å². The second-order valence-corrected chi connectivity index (χ2v) is 22.3. The van der Waals surface area contributed by atoms with Crippen LogP contribution in [-0.4, -0.2) is 14.1 Å². The first-order valence-corrected chi connectivity index (χ1v) is 26.8. The fourth-order valence-electron chi connectivity index (χ4n) is 10.7. The zero-order chi connectivity index (χ0) is 72.6. The molecule has 0 saturated carbocycles. The third-order valence-corrected chi connectivity index (χ3v) is 14.9. The molecule has 10 aromatic carbocycles. The van der Waals surface area contributed by atoms with Gasteiger partial charge in [-0.05, 0) is 151 Å². The van der Waals surface area contributed by atoms with Crippen LogP contribution in [0.4, 0.5) is 0 Å². The van der Waals surface area contributed by atoms with Gasteiger partial charge >= 0.3 is 0 Å². The summed E-state index contributed by atoms with van der Waals surface area (Å²) in [4.78, 5) is 4.72. The molecule has 0 radical (unpaired) electrons. The van der Waals surface area contributed by atoms with Crippen LogP contribution in [-0.2, 0) is 31.9 Å². The number of hydrogen-bond acceptors (Lipinski definition) is 2. The molecule has 83 heavy (non-hydrogen) atoms. The molecule has 13 rings (SSSR count). The molecule has 5 nitrogen and oxygen atoms in total. The van der Waals surface area contributed by atoms with Crippen LogP contribution in [0, 0.1) is 39.0 Å². The van der Waals surface area contributed by atoms with Gasteiger partial charge in [-0.15, -0.1) is 29.7 Å². The van der Waals surface area contributed by atoms with E-state index >= 15 is 0 Å². The van der Waals surface area contributed by atoms with Crippen molar-refractivity contribution >= 4 is 32.8 Å². The van der Waals surface area contributed by atoms with E-state index in [2.05, 4.69) is 72.1 Å². The summed E-state index contributed by atoms with van der Waals surface area (Å²) in [6.45, 7) is 4.18. The van der Waals surface area contributed by atoms with Crippen LogP contribution in [0.5, 0.6) is 11.5 Å². The average molecular weight is 1280 g/mol. The quantitative estimate of drug-likeness (QED) is 0.101. The molecule has 3 aromatic heterocycles. The molecule has 0 aliphatic rings. The van der Waals surface area contributed by atoms with Crippen molar-refractivity contribution in [2.45, 2.75) is 72.9 Å². The number of pyridine rings is 1. The van der Waals surface area contributed by atoms with Crippen molar-refractivity contribution < 1.29 is 56.4 Å². The Hall–Kier alpha value is -8.89. The summed E-state index contributed by atoms with van der Waals surface area (Å²) < 4.78 is 178. The topological polar surface area (TPSA) is 35.9 Å². The van der Waals surface area contributed by atoms with Gasteiger partial charge in [-0.1, -0.05) is 205 Å². The van der Waals surface area contributed by atoms with Crippen molar-refractivity contribution in [2.24, 2.45) is 0 Å². The van der Waals surface area contributed by atoms with Crippen LogP contribution < -0.4 is 9.30 Å². The van der Waals surface area contributed by atoms with Crippen molar-refractivity contribution in [1.29, 1.82) is 0 Å². The van der Waals surface area contributed by atoms with Crippen molar-refractivity contribution in [2.75, 3.05) is 0 Å². The molecule has 0 saturated heterocycles. The standard InChI is InChI=1S/C77H64N4O.Pt/c1-50-22-18-23-51(2)74(50)57-36-39-70-72(45-57)79(49-80(70)75-66(55-28-19-30-59(41-55)76(4,5)6)43-58(53-24-12-10-13-25-53)44-67(75)56-29-20-31-60(42-56)77(7,8)9)61-32-21-33-62(46-61)82-63-37-38-65-64-34-16-17-35-69(64)81(71(65)47-63)73-40-52(3)68(48-78-73)54-26-14-11-15-27-54;/h10-45,48H,1-9H3;/q-2;/i1D3,2D3,3D3,10D,11D,12D,13D,14D,15D,24D,25D,26D,27D;. The average Bonchev–Trinajstić information content (AvgIpc) is 1.48. The van der Waals surface area contributed by atoms with E-state index in [-0.39, 0.29) is 93.7 Å². The van der Waals surface area contributed by atoms with Crippen molar-refractivity contribution in [1.82, 2.24) is 14.1 Å². The maximum Gasteiger partial charge on any atom is 0.268 e. The van der Waals surface area contributed by atoms with Gasteiger partial charge in [0.2, 0.25) is 0 Å². The Bertz CT molecular complexity index is 5410. The Labute approximate surface area is 529 Å². The van der Waals surface area contributed by atoms with E-state index in [4.69, 9.17) is 33.0 Å². The van der Waals surface area contributed by atoms with Gasteiger partial charge in [0.05, 0.1) is 30.4 Å². The van der Waals surface area contributed by atoms with Crippen LogP contribution in [0.15, 0.2) is 224 Å². The summed E-state index contributed by atoms with van der Waals surface area (Å²) in [5, 5.41) is 1.43.